The zero-order valence-corrected chi connectivity index (χ0v) is 13.0. The van der Waals surface area contributed by atoms with E-state index >= 15 is 0 Å². The van der Waals surface area contributed by atoms with Gasteiger partial charge in [-0.2, -0.15) is 0 Å². The van der Waals surface area contributed by atoms with Crippen molar-refractivity contribution in [3.8, 4) is 11.5 Å². The number of halogens is 1. The summed E-state index contributed by atoms with van der Waals surface area (Å²) in [4.78, 5) is 23.9. The summed E-state index contributed by atoms with van der Waals surface area (Å²) in [6, 6.07) is 9.42. The van der Waals surface area contributed by atoms with Gasteiger partial charge in [0.2, 0.25) is 0 Å². The molecule has 0 aliphatic carbocycles. The van der Waals surface area contributed by atoms with Crippen LogP contribution in [0.5, 0.6) is 0 Å². The van der Waals surface area contributed by atoms with Gasteiger partial charge >= 0.3 is 0 Å². The predicted octanol–water partition coefficient (Wildman–Crippen LogP) is 3.96. The maximum atomic E-state index is 12.2. The van der Waals surface area contributed by atoms with Crippen molar-refractivity contribution >= 4 is 48.3 Å². The van der Waals surface area contributed by atoms with Crippen LogP contribution in [-0.2, 0) is 0 Å². The Labute approximate surface area is 131 Å². The molecule has 0 amide bonds. The largest absolute Gasteiger partial charge is 0.305 e. The van der Waals surface area contributed by atoms with Gasteiger partial charge in [-0.1, -0.05) is 15.9 Å². The molecule has 1 aromatic carbocycles. The summed E-state index contributed by atoms with van der Waals surface area (Å²) in [5, 5.41) is 3.68. The summed E-state index contributed by atoms with van der Waals surface area (Å²) in [6.07, 6.45) is 1.81. The minimum atomic E-state index is -0.163. The van der Waals surface area contributed by atoms with Crippen LogP contribution < -0.4 is 5.56 Å². The summed E-state index contributed by atoms with van der Waals surface area (Å²) in [5.41, 5.74) is 1.16. The van der Waals surface area contributed by atoms with Crippen molar-refractivity contribution < 1.29 is 0 Å². The molecule has 0 fully saturated rings. The Hall–Kier alpha value is -2.05. The van der Waals surface area contributed by atoms with Gasteiger partial charge in [-0.3, -0.25) is 9.78 Å². The lowest BCUT2D eigenvalue weighted by Gasteiger charge is -2.03. The molecule has 3 heterocycles. The molecule has 0 aliphatic heterocycles. The molecule has 0 bridgehead atoms. The summed E-state index contributed by atoms with van der Waals surface area (Å²) in [5.74, 6) is 0.489. The van der Waals surface area contributed by atoms with E-state index in [2.05, 4.69) is 30.9 Å². The number of rotatable bonds is 1. The van der Waals surface area contributed by atoms with Crippen LogP contribution in [0.3, 0.4) is 0 Å². The molecule has 0 atom stereocenters. The van der Waals surface area contributed by atoms with Crippen molar-refractivity contribution in [3.63, 3.8) is 0 Å². The Morgan fingerprint density at radius 1 is 1.19 bits per heavy atom. The molecule has 102 valence electrons. The van der Waals surface area contributed by atoms with Crippen LogP contribution in [0.2, 0.25) is 0 Å². The molecule has 4 aromatic rings. The average molecular weight is 358 g/mol. The molecule has 0 radical (unpaired) electrons. The van der Waals surface area contributed by atoms with Crippen LogP contribution in [0, 0.1) is 0 Å². The van der Waals surface area contributed by atoms with Crippen LogP contribution in [0.1, 0.15) is 0 Å². The van der Waals surface area contributed by atoms with E-state index in [1.807, 2.05) is 29.6 Å². The minimum Gasteiger partial charge on any atom is -0.305 e. The van der Waals surface area contributed by atoms with Crippen LogP contribution in [0.25, 0.3) is 32.5 Å². The molecule has 21 heavy (non-hydrogen) atoms. The van der Waals surface area contributed by atoms with Crippen LogP contribution >= 0.6 is 27.3 Å². The highest BCUT2D eigenvalue weighted by Crippen LogP contribution is 2.24. The number of pyridine rings is 1. The van der Waals surface area contributed by atoms with Crippen molar-refractivity contribution in [2.24, 2.45) is 0 Å². The summed E-state index contributed by atoms with van der Waals surface area (Å²) in [7, 11) is 0. The number of hydrogen-bond donors (Lipinski definition) is 1. The number of nitrogens with zero attached hydrogens (tertiary/aromatic N) is 2. The third-order valence-electron chi connectivity index (χ3n) is 3.25. The number of aromatic nitrogens is 3. The second kappa shape index (κ2) is 4.75. The molecule has 0 spiro atoms. The van der Waals surface area contributed by atoms with Gasteiger partial charge in [-0.25, -0.2) is 4.98 Å². The molecule has 1 N–H and O–H groups in total. The number of H-pyrrole nitrogens is 1. The van der Waals surface area contributed by atoms with Gasteiger partial charge in [0.05, 0.1) is 15.6 Å². The second-order valence-corrected chi connectivity index (χ2v) is 6.47. The van der Waals surface area contributed by atoms with Crippen molar-refractivity contribution in [2.75, 3.05) is 0 Å². The normalized spacial score (nSPS) is 11.3. The Morgan fingerprint density at radius 2 is 2.10 bits per heavy atom. The topological polar surface area (TPSA) is 58.6 Å². The van der Waals surface area contributed by atoms with Gasteiger partial charge < -0.3 is 4.98 Å². The van der Waals surface area contributed by atoms with E-state index in [4.69, 9.17) is 0 Å². The molecule has 6 heteroatoms. The van der Waals surface area contributed by atoms with E-state index in [9.17, 15) is 4.79 Å². The van der Waals surface area contributed by atoms with Gasteiger partial charge in [-0.05, 0) is 41.1 Å². The molecule has 3 aromatic heterocycles. The molecular formula is C15H8BrN3OS. The fraction of sp³-hybridized carbons (Fsp3) is 0. The number of nitrogens with one attached hydrogen (secondary N) is 1. The maximum Gasteiger partial charge on any atom is 0.259 e. The quantitative estimate of drug-likeness (QED) is 0.560. The van der Waals surface area contributed by atoms with Gasteiger partial charge in [0.15, 0.2) is 5.82 Å². The van der Waals surface area contributed by atoms with Gasteiger partial charge in [-0.15, -0.1) is 11.3 Å². The first-order chi connectivity index (χ1) is 10.2. The Balaban J connectivity index is 1.97. The molecule has 0 unspecified atom stereocenters. The summed E-state index contributed by atoms with van der Waals surface area (Å²) < 4.78 is 1.97. The first kappa shape index (κ1) is 12.7. The molecule has 0 saturated heterocycles. The fourth-order valence-corrected chi connectivity index (χ4v) is 3.33. The van der Waals surface area contributed by atoms with Crippen LogP contribution in [-0.4, -0.2) is 15.0 Å². The van der Waals surface area contributed by atoms with Gasteiger partial charge in [0, 0.05) is 10.7 Å². The third-order valence-corrected chi connectivity index (χ3v) is 4.61. The van der Waals surface area contributed by atoms with Crippen LogP contribution in [0.4, 0.5) is 0 Å². The first-order valence-corrected chi connectivity index (χ1v) is 7.91. The Morgan fingerprint density at radius 3 is 3.00 bits per heavy atom. The standard InChI is InChI=1S/C15H8BrN3OS/c16-9-1-2-11-10(6-9)15(20)19-14(18-11)12-5-8-3-4-21-13(8)7-17-12/h1-7H,(H,18,19,20). The van der Waals surface area contributed by atoms with Gasteiger partial charge in [0.1, 0.15) is 5.69 Å². The van der Waals surface area contributed by atoms with Crippen molar-refractivity contribution in [1.82, 2.24) is 15.0 Å². The molecule has 0 aliphatic rings. The van der Waals surface area contributed by atoms with E-state index in [1.165, 1.54) is 0 Å². The Kier molecular flexibility index (Phi) is 2.87. The number of benzene rings is 1. The maximum absolute atomic E-state index is 12.2. The van der Waals surface area contributed by atoms with E-state index in [0.717, 1.165) is 14.6 Å². The van der Waals surface area contributed by atoms with E-state index in [-0.39, 0.29) is 5.56 Å². The average Bonchev–Trinajstić information content (AvgIpc) is 2.95. The number of aromatic amines is 1. The minimum absolute atomic E-state index is 0.163. The van der Waals surface area contributed by atoms with Gasteiger partial charge in [0.25, 0.3) is 5.56 Å². The molecular weight excluding hydrogens is 350 g/mol. The van der Waals surface area contributed by atoms with Crippen LogP contribution in [0.15, 0.2) is 51.2 Å². The highest BCUT2D eigenvalue weighted by molar-refractivity contribution is 9.10. The lowest BCUT2D eigenvalue weighted by atomic mass is 10.2. The smallest absolute Gasteiger partial charge is 0.259 e. The Bertz CT molecular complexity index is 1040. The molecule has 4 nitrogen and oxygen atoms in total. The first-order valence-electron chi connectivity index (χ1n) is 6.24. The van der Waals surface area contributed by atoms with Crippen molar-refractivity contribution in [2.45, 2.75) is 0 Å². The summed E-state index contributed by atoms with van der Waals surface area (Å²) >= 11 is 5.00. The lowest BCUT2D eigenvalue weighted by molar-refractivity contribution is 1.15. The molecule has 0 saturated carbocycles. The van der Waals surface area contributed by atoms with E-state index < -0.39 is 0 Å². The highest BCUT2D eigenvalue weighted by atomic mass is 79.9. The van der Waals surface area contributed by atoms with E-state index in [0.29, 0.717) is 22.4 Å². The predicted molar refractivity (Wildman–Crippen MR) is 88.7 cm³/mol. The summed E-state index contributed by atoms with van der Waals surface area (Å²) in [6.45, 7) is 0. The lowest BCUT2D eigenvalue weighted by Crippen LogP contribution is -2.09. The zero-order chi connectivity index (χ0) is 14.4. The zero-order valence-electron chi connectivity index (χ0n) is 10.6. The van der Waals surface area contributed by atoms with Crippen molar-refractivity contribution in [3.05, 3.63) is 56.7 Å². The highest BCUT2D eigenvalue weighted by Gasteiger charge is 2.08. The number of thiophene rings is 1. The SMILES string of the molecule is O=c1[nH]c(-c2cc3ccsc3cn2)nc2ccc(Br)cc12. The third kappa shape index (κ3) is 2.16. The fourth-order valence-electron chi connectivity index (χ4n) is 2.23. The van der Waals surface area contributed by atoms with E-state index in [1.54, 1.807) is 23.6 Å². The number of hydrogen-bond acceptors (Lipinski definition) is 4. The number of fused-ring (bicyclic) bond motifs is 2. The monoisotopic (exact) mass is 357 g/mol. The second-order valence-electron chi connectivity index (χ2n) is 4.60. The van der Waals surface area contributed by atoms with Crippen molar-refractivity contribution in [1.29, 1.82) is 0 Å². The molecule has 4 rings (SSSR count).